The predicted molar refractivity (Wildman–Crippen MR) is 142 cm³/mol. The summed E-state index contributed by atoms with van der Waals surface area (Å²) >= 11 is 5.88. The lowest BCUT2D eigenvalue weighted by atomic mass is 9.73. The van der Waals surface area contributed by atoms with Crippen molar-refractivity contribution in [2.45, 2.75) is 62.7 Å². The highest BCUT2D eigenvalue weighted by molar-refractivity contribution is 7.80. The van der Waals surface area contributed by atoms with Gasteiger partial charge in [0, 0.05) is 36.3 Å². The van der Waals surface area contributed by atoms with Crippen molar-refractivity contribution in [1.82, 2.24) is 20.5 Å². The van der Waals surface area contributed by atoms with Gasteiger partial charge in [0.2, 0.25) is 0 Å². The maximum Gasteiger partial charge on any atom is 0.167 e. The van der Waals surface area contributed by atoms with E-state index in [1.165, 1.54) is 24.8 Å². The molecule has 6 nitrogen and oxygen atoms in total. The predicted octanol–water partition coefficient (Wildman–Crippen LogP) is 3.91. The fourth-order valence-corrected chi connectivity index (χ4v) is 6.62. The number of rotatable bonds is 6. The zero-order valence-electron chi connectivity index (χ0n) is 20.1. The van der Waals surface area contributed by atoms with Crippen molar-refractivity contribution in [2.24, 2.45) is 17.6 Å². The Kier molecular flexibility index (Phi) is 7.04. The Bertz CT molecular complexity index is 1040. The third-order valence-electron chi connectivity index (χ3n) is 8.28. The number of piperidine rings is 3. The molecule has 2 aromatic rings. The van der Waals surface area contributed by atoms with Gasteiger partial charge >= 0.3 is 0 Å². The van der Waals surface area contributed by atoms with Crippen molar-refractivity contribution in [3.63, 3.8) is 0 Å². The Morgan fingerprint density at radius 2 is 2.15 bits per heavy atom. The van der Waals surface area contributed by atoms with Gasteiger partial charge in [-0.1, -0.05) is 18.9 Å². The van der Waals surface area contributed by atoms with Crippen molar-refractivity contribution in [3.05, 3.63) is 48.7 Å². The molecule has 4 heterocycles. The van der Waals surface area contributed by atoms with Crippen LogP contribution in [0.1, 0.15) is 50.1 Å². The van der Waals surface area contributed by atoms with E-state index in [2.05, 4.69) is 45.3 Å². The molecular formula is C27H37N5OS. The SMILES string of the molecule is C=C[C@H]1CN2CC[C@H]1C[C@@H]2[C@H](NC(=S)N[C@@H]1CCCC[C@H]1N)c1ccnc2ccc(OC)cc12. The molecule has 0 amide bonds. The van der Waals surface area contributed by atoms with Crippen LogP contribution in [0.15, 0.2) is 43.1 Å². The van der Waals surface area contributed by atoms with Gasteiger partial charge < -0.3 is 21.1 Å². The second-order valence-corrected chi connectivity index (χ2v) is 10.6. The molecule has 182 valence electrons. The Labute approximate surface area is 208 Å². The highest BCUT2D eigenvalue weighted by atomic mass is 32.1. The van der Waals surface area contributed by atoms with Crippen LogP contribution < -0.4 is 21.1 Å². The van der Waals surface area contributed by atoms with Crippen LogP contribution in [-0.2, 0) is 0 Å². The van der Waals surface area contributed by atoms with Crippen LogP contribution in [0.5, 0.6) is 5.75 Å². The number of fused-ring (bicyclic) bond motifs is 4. The molecule has 2 bridgehead atoms. The van der Waals surface area contributed by atoms with Gasteiger partial charge in [0.25, 0.3) is 0 Å². The standard InChI is InChI=1S/C27H37N5OS/c1-3-17-16-32-13-11-18(17)14-25(32)26(31-27(34)30-24-7-5-4-6-22(24)28)20-10-12-29-23-9-8-19(33-2)15-21(20)23/h3,8-10,12,15,17-18,22,24-26H,1,4-7,11,13-14,16,28H2,2H3,(H2,30,31,34)/t17-,18-,22+,24+,25+,26+/m0/s1. The monoisotopic (exact) mass is 479 g/mol. The van der Waals surface area contributed by atoms with Crippen LogP contribution in [0.25, 0.3) is 10.9 Å². The number of hydrogen-bond acceptors (Lipinski definition) is 5. The normalized spacial score (nSPS) is 31.6. The quantitative estimate of drug-likeness (QED) is 0.428. The van der Waals surface area contributed by atoms with Crippen LogP contribution >= 0.6 is 12.2 Å². The average Bonchev–Trinajstić information content (AvgIpc) is 2.88. The minimum absolute atomic E-state index is 0.0472. The molecule has 34 heavy (non-hydrogen) atoms. The van der Waals surface area contributed by atoms with E-state index in [9.17, 15) is 0 Å². The Balaban J connectivity index is 1.47. The van der Waals surface area contributed by atoms with E-state index in [-0.39, 0.29) is 18.1 Å². The van der Waals surface area contributed by atoms with Gasteiger partial charge in [-0.15, -0.1) is 6.58 Å². The number of nitrogens with zero attached hydrogens (tertiary/aromatic N) is 2. The van der Waals surface area contributed by atoms with Gasteiger partial charge in [0.05, 0.1) is 18.7 Å². The third-order valence-corrected chi connectivity index (χ3v) is 8.51. The van der Waals surface area contributed by atoms with Crippen LogP contribution in [0.2, 0.25) is 0 Å². The maximum atomic E-state index is 6.41. The molecule has 1 aromatic carbocycles. The van der Waals surface area contributed by atoms with E-state index in [1.807, 2.05) is 18.3 Å². The fraction of sp³-hybridized carbons (Fsp3) is 0.556. The summed E-state index contributed by atoms with van der Waals surface area (Å²) in [6, 6.07) is 9.04. The molecule has 3 aliphatic heterocycles. The fourth-order valence-electron chi connectivity index (χ4n) is 6.34. The number of aromatic nitrogens is 1. The Morgan fingerprint density at radius 3 is 2.88 bits per heavy atom. The molecule has 3 saturated heterocycles. The summed E-state index contributed by atoms with van der Waals surface area (Å²) in [5, 5.41) is 9.12. The topological polar surface area (TPSA) is 75.4 Å². The Hall–Kier alpha value is -2.22. The highest BCUT2D eigenvalue weighted by Gasteiger charge is 2.43. The second kappa shape index (κ2) is 10.2. The number of pyridine rings is 1. The Morgan fingerprint density at radius 1 is 1.29 bits per heavy atom. The van der Waals surface area contributed by atoms with Gasteiger partial charge in [-0.2, -0.15) is 0 Å². The zero-order valence-corrected chi connectivity index (χ0v) is 20.9. The number of benzene rings is 1. The molecular weight excluding hydrogens is 442 g/mol. The summed E-state index contributed by atoms with van der Waals surface area (Å²) in [5.74, 6) is 2.09. The van der Waals surface area contributed by atoms with Crippen LogP contribution in [0, 0.1) is 11.8 Å². The lowest BCUT2D eigenvalue weighted by molar-refractivity contribution is 0.00425. The van der Waals surface area contributed by atoms with Crippen molar-refractivity contribution < 1.29 is 4.74 Å². The minimum Gasteiger partial charge on any atom is -0.497 e. The van der Waals surface area contributed by atoms with Gasteiger partial charge in [0.15, 0.2) is 5.11 Å². The van der Waals surface area contributed by atoms with Crippen LogP contribution in [0.3, 0.4) is 0 Å². The summed E-state index contributed by atoms with van der Waals surface area (Å²) in [7, 11) is 1.71. The highest BCUT2D eigenvalue weighted by Crippen LogP contribution is 2.42. The molecule has 4 N–H and O–H groups in total. The summed E-state index contributed by atoms with van der Waals surface area (Å²) < 4.78 is 5.55. The molecule has 1 aromatic heterocycles. The summed E-state index contributed by atoms with van der Waals surface area (Å²) in [6.45, 7) is 6.29. The second-order valence-electron chi connectivity index (χ2n) is 10.2. The molecule has 7 heteroatoms. The van der Waals surface area contributed by atoms with Crippen LogP contribution in [-0.4, -0.2) is 53.3 Å². The number of hydrogen-bond donors (Lipinski definition) is 3. The largest absolute Gasteiger partial charge is 0.497 e. The van der Waals surface area contributed by atoms with E-state index in [0.29, 0.717) is 23.0 Å². The molecule has 1 aliphatic carbocycles. The number of nitrogens with two attached hydrogens (primary N) is 1. The van der Waals surface area contributed by atoms with E-state index in [1.54, 1.807) is 7.11 Å². The number of nitrogens with one attached hydrogen (secondary N) is 2. The molecule has 7 atom stereocenters. The third kappa shape index (κ3) is 4.66. The summed E-state index contributed by atoms with van der Waals surface area (Å²) in [5.41, 5.74) is 8.60. The molecule has 0 radical (unpaired) electrons. The molecule has 0 spiro atoms. The lowest BCUT2D eigenvalue weighted by Crippen LogP contribution is -2.59. The molecule has 4 fully saturated rings. The van der Waals surface area contributed by atoms with Crippen LogP contribution in [0.4, 0.5) is 0 Å². The van der Waals surface area contributed by atoms with Crippen molar-refractivity contribution in [1.29, 1.82) is 0 Å². The first kappa shape index (κ1) is 23.5. The summed E-state index contributed by atoms with van der Waals surface area (Å²) in [4.78, 5) is 7.26. The molecule has 6 rings (SSSR count). The van der Waals surface area contributed by atoms with Gasteiger partial charge in [0.1, 0.15) is 5.75 Å². The number of thiocarbonyl (C=S) groups is 1. The maximum absolute atomic E-state index is 6.41. The molecule has 1 unspecified atom stereocenters. The van der Waals surface area contributed by atoms with E-state index >= 15 is 0 Å². The molecule has 4 aliphatic rings. The zero-order chi connectivity index (χ0) is 23.7. The average molecular weight is 480 g/mol. The van der Waals surface area contributed by atoms with E-state index in [0.717, 1.165) is 49.0 Å². The first-order valence-corrected chi connectivity index (χ1v) is 13.1. The van der Waals surface area contributed by atoms with Crippen molar-refractivity contribution in [3.8, 4) is 5.75 Å². The lowest BCUT2D eigenvalue weighted by Gasteiger charge is -2.52. The molecule has 1 saturated carbocycles. The number of methoxy groups -OCH3 is 1. The van der Waals surface area contributed by atoms with Crippen molar-refractivity contribution in [2.75, 3.05) is 20.2 Å². The van der Waals surface area contributed by atoms with Gasteiger partial charge in [-0.25, -0.2) is 0 Å². The summed E-state index contributed by atoms with van der Waals surface area (Å²) in [6.07, 6.45) is 11.0. The van der Waals surface area contributed by atoms with E-state index < -0.39 is 0 Å². The van der Waals surface area contributed by atoms with E-state index in [4.69, 9.17) is 22.7 Å². The van der Waals surface area contributed by atoms with Gasteiger partial charge in [-0.3, -0.25) is 9.88 Å². The van der Waals surface area contributed by atoms with Crippen molar-refractivity contribution >= 4 is 28.2 Å². The first-order valence-electron chi connectivity index (χ1n) is 12.7. The smallest absolute Gasteiger partial charge is 0.167 e. The first-order chi connectivity index (χ1) is 16.6. The number of ether oxygens (including phenoxy) is 1. The minimum atomic E-state index is 0.0472. The van der Waals surface area contributed by atoms with Gasteiger partial charge in [-0.05, 0) is 86.1 Å².